The van der Waals surface area contributed by atoms with E-state index < -0.39 is 23.9 Å². The largest absolute Gasteiger partial charge is 0.490 e. The third kappa shape index (κ3) is 10.9. The van der Waals surface area contributed by atoms with Crippen LogP contribution in [-0.4, -0.2) is 93.2 Å². The first-order chi connectivity index (χ1) is 24.8. The summed E-state index contributed by atoms with van der Waals surface area (Å²) in [5, 5.41) is 11.2. The standard InChI is InChI=1S/C35H41ClFN3O5.C2HF3O2/c1-43-19-20-45-31-14-12-27(34(38)41)32(33(31)37)28-21-25(9-13-30(28)36)29(23-5-3-2-4-6-23)22-39-26-10-7-24(8-11-26)35(42)40-15-17-44-18-16-40;3-2(4,5)1(6)7/h2-6,9,12-14,21,24,26,29,39H,7-8,10-11,15-20,22H2,1H3,(H2,38,41);(H,6,7). The number of primary amides is 1. The van der Waals surface area contributed by atoms with Crippen molar-refractivity contribution in [2.75, 3.05) is 53.2 Å². The summed E-state index contributed by atoms with van der Waals surface area (Å²) in [7, 11) is 1.53. The van der Waals surface area contributed by atoms with Gasteiger partial charge in [-0.15, -0.1) is 0 Å². The Morgan fingerprint density at radius 2 is 1.65 bits per heavy atom. The maximum atomic E-state index is 16.0. The number of methoxy groups -OCH3 is 1. The van der Waals surface area contributed by atoms with Gasteiger partial charge in [0.1, 0.15) is 6.61 Å². The van der Waals surface area contributed by atoms with Crippen molar-refractivity contribution in [3.8, 4) is 16.9 Å². The molecule has 1 unspecified atom stereocenters. The molecule has 1 aliphatic carbocycles. The summed E-state index contributed by atoms with van der Waals surface area (Å²) in [6, 6.07) is 18.7. The first-order valence-corrected chi connectivity index (χ1v) is 17.2. The molecule has 3 aromatic rings. The van der Waals surface area contributed by atoms with Crippen LogP contribution < -0.4 is 15.8 Å². The fourth-order valence-corrected chi connectivity index (χ4v) is 6.52. The first kappa shape index (κ1) is 40.5. The van der Waals surface area contributed by atoms with E-state index in [1.54, 1.807) is 6.07 Å². The lowest BCUT2D eigenvalue weighted by molar-refractivity contribution is -0.192. The van der Waals surface area contributed by atoms with E-state index in [0.717, 1.165) is 36.8 Å². The molecular formula is C37H42ClF4N3O7. The molecule has 4 N–H and O–H groups in total. The summed E-state index contributed by atoms with van der Waals surface area (Å²) in [4.78, 5) is 36.3. The predicted molar refractivity (Wildman–Crippen MR) is 186 cm³/mol. The number of carbonyl (C=O) groups excluding carboxylic acids is 2. The normalized spacial score (nSPS) is 18.2. The van der Waals surface area contributed by atoms with Crippen LogP contribution in [0.3, 0.4) is 0 Å². The SMILES string of the molecule is COCCOc1ccc(C(N)=O)c(-c2cc(C(CNC3CCC(C(=O)N4CCOCC4)CC3)c3ccccc3)ccc2Cl)c1F.O=C(O)C(F)(F)F. The predicted octanol–water partition coefficient (Wildman–Crippen LogP) is 6.04. The second-order valence-electron chi connectivity index (χ2n) is 12.4. The molecule has 1 saturated heterocycles. The number of nitrogens with two attached hydrogens (primary N) is 1. The summed E-state index contributed by atoms with van der Waals surface area (Å²) in [6.45, 7) is 3.62. The number of carbonyl (C=O) groups is 3. The maximum absolute atomic E-state index is 16.0. The van der Waals surface area contributed by atoms with Gasteiger partial charge in [-0.1, -0.05) is 48.0 Å². The van der Waals surface area contributed by atoms with E-state index in [1.165, 1.54) is 19.2 Å². The number of aliphatic carboxylic acids is 1. The molecule has 1 heterocycles. The van der Waals surface area contributed by atoms with Gasteiger partial charge in [0, 0.05) is 60.8 Å². The zero-order valence-corrected chi connectivity index (χ0v) is 29.4. The summed E-state index contributed by atoms with van der Waals surface area (Å²) in [6.07, 6.45) is -1.55. The van der Waals surface area contributed by atoms with Crippen molar-refractivity contribution >= 4 is 29.4 Å². The number of morpholine rings is 1. The van der Waals surface area contributed by atoms with E-state index in [0.29, 0.717) is 38.4 Å². The number of amides is 2. The molecule has 2 amide bonds. The Balaban J connectivity index is 0.000000785. The summed E-state index contributed by atoms with van der Waals surface area (Å²) in [5.41, 5.74) is 8.06. The first-order valence-electron chi connectivity index (χ1n) is 16.8. The van der Waals surface area contributed by atoms with Crippen molar-refractivity contribution in [1.82, 2.24) is 10.2 Å². The number of hydrogen-bond donors (Lipinski definition) is 3. The maximum Gasteiger partial charge on any atom is 0.490 e. The molecule has 2 fully saturated rings. The molecule has 0 spiro atoms. The third-order valence-electron chi connectivity index (χ3n) is 9.03. The van der Waals surface area contributed by atoms with Gasteiger partial charge >= 0.3 is 12.1 Å². The van der Waals surface area contributed by atoms with Gasteiger partial charge in [-0.25, -0.2) is 9.18 Å². The van der Waals surface area contributed by atoms with Crippen LogP contribution in [0.5, 0.6) is 5.75 Å². The molecule has 282 valence electrons. The number of carboxylic acids is 1. The van der Waals surface area contributed by atoms with Gasteiger partial charge in [-0.3, -0.25) is 9.59 Å². The Labute approximate surface area is 304 Å². The van der Waals surface area contributed by atoms with E-state index in [1.807, 2.05) is 35.2 Å². The summed E-state index contributed by atoms with van der Waals surface area (Å²) in [5.74, 6) is -4.02. The fourth-order valence-electron chi connectivity index (χ4n) is 6.31. The van der Waals surface area contributed by atoms with Crippen molar-refractivity contribution in [1.29, 1.82) is 0 Å². The molecule has 0 bridgehead atoms. The number of alkyl halides is 3. The zero-order chi connectivity index (χ0) is 37.8. The van der Waals surface area contributed by atoms with Gasteiger partial charge in [0.15, 0.2) is 11.6 Å². The Bertz CT molecular complexity index is 1660. The molecule has 2 aliphatic rings. The zero-order valence-electron chi connectivity index (χ0n) is 28.6. The summed E-state index contributed by atoms with van der Waals surface area (Å²) < 4.78 is 63.7. The lowest BCUT2D eigenvalue weighted by Gasteiger charge is -2.34. The van der Waals surface area contributed by atoms with Crippen LogP contribution >= 0.6 is 11.6 Å². The number of benzene rings is 3. The lowest BCUT2D eigenvalue weighted by Crippen LogP contribution is -2.45. The highest BCUT2D eigenvalue weighted by Crippen LogP contribution is 2.39. The molecule has 1 saturated carbocycles. The van der Waals surface area contributed by atoms with Gasteiger partial charge in [-0.2, -0.15) is 13.2 Å². The molecule has 0 radical (unpaired) electrons. The fraction of sp³-hybridized carbons (Fsp3) is 0.432. The highest BCUT2D eigenvalue weighted by molar-refractivity contribution is 6.33. The molecule has 1 atom stereocenters. The Hall–Kier alpha value is -4.24. The average molecular weight is 752 g/mol. The van der Waals surface area contributed by atoms with Gasteiger partial charge in [0.05, 0.1) is 25.4 Å². The van der Waals surface area contributed by atoms with Crippen LogP contribution in [0, 0.1) is 11.7 Å². The Kier molecular flexibility index (Phi) is 14.8. The monoisotopic (exact) mass is 751 g/mol. The van der Waals surface area contributed by atoms with E-state index in [9.17, 15) is 22.8 Å². The van der Waals surface area contributed by atoms with E-state index in [2.05, 4.69) is 17.4 Å². The van der Waals surface area contributed by atoms with E-state index >= 15 is 4.39 Å². The number of halogens is 5. The van der Waals surface area contributed by atoms with Crippen LogP contribution in [0.15, 0.2) is 60.7 Å². The third-order valence-corrected chi connectivity index (χ3v) is 9.36. The molecule has 10 nitrogen and oxygen atoms in total. The van der Waals surface area contributed by atoms with Crippen LogP contribution in [0.2, 0.25) is 5.02 Å². The molecule has 1 aliphatic heterocycles. The Morgan fingerprint density at radius 3 is 2.25 bits per heavy atom. The smallest absolute Gasteiger partial charge is 0.488 e. The molecule has 3 aromatic carbocycles. The molecule has 52 heavy (non-hydrogen) atoms. The van der Waals surface area contributed by atoms with Crippen molar-refractivity contribution < 1.29 is 51.3 Å². The van der Waals surface area contributed by atoms with Crippen molar-refractivity contribution in [3.63, 3.8) is 0 Å². The number of nitrogens with zero attached hydrogens (tertiary/aromatic N) is 1. The van der Waals surface area contributed by atoms with Gasteiger partial charge in [0.25, 0.3) is 0 Å². The second kappa shape index (κ2) is 19.0. The minimum absolute atomic E-state index is 0.00675. The van der Waals surface area contributed by atoms with Crippen LogP contribution in [0.1, 0.15) is 53.1 Å². The van der Waals surface area contributed by atoms with E-state index in [-0.39, 0.29) is 58.9 Å². The van der Waals surface area contributed by atoms with Crippen molar-refractivity contribution in [2.45, 2.75) is 43.8 Å². The Morgan fingerprint density at radius 1 is 1.00 bits per heavy atom. The van der Waals surface area contributed by atoms with Crippen LogP contribution in [-0.2, 0) is 19.1 Å². The average Bonchev–Trinajstić information content (AvgIpc) is 3.13. The minimum atomic E-state index is -5.08. The molecule has 5 rings (SSSR count). The molecule has 0 aromatic heterocycles. The van der Waals surface area contributed by atoms with Gasteiger partial charge < -0.3 is 35.3 Å². The lowest BCUT2D eigenvalue weighted by atomic mass is 9.84. The minimum Gasteiger partial charge on any atom is -0.488 e. The van der Waals surface area contributed by atoms with Gasteiger partial charge in [-0.05, 0) is 61.1 Å². The number of carboxylic acid groups (broad SMARTS) is 1. The van der Waals surface area contributed by atoms with Crippen LogP contribution in [0.25, 0.3) is 11.1 Å². The van der Waals surface area contributed by atoms with Crippen molar-refractivity contribution in [3.05, 3.63) is 88.2 Å². The number of ether oxygens (including phenoxy) is 3. The number of hydrogen-bond acceptors (Lipinski definition) is 7. The molecular weight excluding hydrogens is 710 g/mol. The number of nitrogens with one attached hydrogen (secondary N) is 1. The van der Waals surface area contributed by atoms with Gasteiger partial charge in [0.2, 0.25) is 11.8 Å². The quantitative estimate of drug-likeness (QED) is 0.150. The second-order valence-corrected chi connectivity index (χ2v) is 12.8. The summed E-state index contributed by atoms with van der Waals surface area (Å²) >= 11 is 6.67. The highest BCUT2D eigenvalue weighted by atomic mass is 35.5. The molecule has 15 heteroatoms. The van der Waals surface area contributed by atoms with E-state index in [4.69, 9.17) is 41.4 Å². The number of rotatable bonds is 12. The highest BCUT2D eigenvalue weighted by Gasteiger charge is 2.38. The van der Waals surface area contributed by atoms with Crippen molar-refractivity contribution in [2.24, 2.45) is 11.7 Å². The van der Waals surface area contributed by atoms with Crippen LogP contribution in [0.4, 0.5) is 17.6 Å². The topological polar surface area (TPSA) is 140 Å².